The van der Waals surface area contributed by atoms with E-state index in [1.165, 1.54) is 5.56 Å². The van der Waals surface area contributed by atoms with Gasteiger partial charge in [0.15, 0.2) is 0 Å². The molecule has 88 valence electrons. The van der Waals surface area contributed by atoms with Crippen LogP contribution in [0.25, 0.3) is 0 Å². The molecule has 16 heavy (non-hydrogen) atoms. The summed E-state index contributed by atoms with van der Waals surface area (Å²) in [6, 6.07) is 4.57. The maximum absolute atomic E-state index is 5.31. The predicted molar refractivity (Wildman–Crippen MR) is 66.1 cm³/mol. The first-order chi connectivity index (χ1) is 7.72. The lowest BCUT2D eigenvalue weighted by atomic mass is 10.2. The average Bonchev–Trinajstić information content (AvgIpc) is 2.28. The monoisotopic (exact) mass is 220 g/mol. The van der Waals surface area contributed by atoms with Crippen molar-refractivity contribution in [3.63, 3.8) is 0 Å². The second-order valence-corrected chi connectivity index (χ2v) is 4.00. The molecule has 3 heteroatoms. The number of aromatic nitrogens is 1. The van der Waals surface area contributed by atoms with E-state index in [0.29, 0.717) is 19.3 Å². The van der Waals surface area contributed by atoms with E-state index in [2.05, 4.69) is 36.8 Å². The van der Waals surface area contributed by atoms with Gasteiger partial charge in [-0.15, -0.1) is 6.58 Å². The van der Waals surface area contributed by atoms with Gasteiger partial charge in [0, 0.05) is 18.8 Å². The minimum absolute atomic E-state index is 0.496. The van der Waals surface area contributed by atoms with Crippen LogP contribution in [0.5, 0.6) is 0 Å². The summed E-state index contributed by atoms with van der Waals surface area (Å²) < 4.78 is 5.31. The van der Waals surface area contributed by atoms with Gasteiger partial charge in [-0.2, -0.15) is 0 Å². The van der Waals surface area contributed by atoms with Crippen molar-refractivity contribution < 1.29 is 4.74 Å². The van der Waals surface area contributed by atoms with Crippen molar-refractivity contribution >= 4 is 0 Å². The van der Waals surface area contributed by atoms with Crippen LogP contribution in [0, 0.1) is 0 Å². The van der Waals surface area contributed by atoms with E-state index in [9.17, 15) is 0 Å². The molecule has 0 radical (unpaired) electrons. The van der Waals surface area contributed by atoms with Crippen molar-refractivity contribution in [3.05, 3.63) is 42.2 Å². The van der Waals surface area contributed by atoms with E-state index in [1.54, 1.807) is 6.08 Å². The molecule has 0 bridgehead atoms. The third-order valence-corrected chi connectivity index (χ3v) is 2.09. The predicted octanol–water partition coefficient (Wildman–Crippen LogP) is 2.28. The third kappa shape index (κ3) is 5.05. The van der Waals surface area contributed by atoms with Crippen LogP contribution in [0.3, 0.4) is 0 Å². The SMILES string of the molecule is C=CCOCc1ccc(CNC(C)C)cn1. The lowest BCUT2D eigenvalue weighted by Gasteiger charge is -2.08. The molecule has 0 amide bonds. The number of hydrogen-bond acceptors (Lipinski definition) is 3. The van der Waals surface area contributed by atoms with E-state index in [4.69, 9.17) is 4.74 Å². The Morgan fingerprint density at radius 2 is 2.31 bits per heavy atom. The van der Waals surface area contributed by atoms with E-state index in [-0.39, 0.29) is 0 Å². The number of nitrogens with one attached hydrogen (secondary N) is 1. The van der Waals surface area contributed by atoms with Crippen LogP contribution in [0.4, 0.5) is 0 Å². The van der Waals surface area contributed by atoms with Gasteiger partial charge in [-0.05, 0) is 11.6 Å². The highest BCUT2D eigenvalue weighted by atomic mass is 16.5. The Balaban J connectivity index is 2.38. The highest BCUT2D eigenvalue weighted by Crippen LogP contribution is 2.02. The Morgan fingerprint density at radius 3 is 2.88 bits per heavy atom. The largest absolute Gasteiger partial charge is 0.371 e. The van der Waals surface area contributed by atoms with Gasteiger partial charge < -0.3 is 10.1 Å². The molecule has 0 aromatic carbocycles. The first-order valence-electron chi connectivity index (χ1n) is 5.58. The van der Waals surface area contributed by atoms with Crippen molar-refractivity contribution in [2.45, 2.75) is 33.0 Å². The zero-order chi connectivity index (χ0) is 11.8. The van der Waals surface area contributed by atoms with Gasteiger partial charge >= 0.3 is 0 Å². The second kappa shape index (κ2) is 7.14. The van der Waals surface area contributed by atoms with Gasteiger partial charge in [-0.3, -0.25) is 4.98 Å². The molecule has 1 aromatic heterocycles. The summed E-state index contributed by atoms with van der Waals surface area (Å²) in [5.41, 5.74) is 2.15. The fourth-order valence-corrected chi connectivity index (χ4v) is 1.21. The molecular weight excluding hydrogens is 200 g/mol. The van der Waals surface area contributed by atoms with Crippen molar-refractivity contribution in [1.29, 1.82) is 0 Å². The summed E-state index contributed by atoms with van der Waals surface area (Å²) in [7, 11) is 0. The Morgan fingerprint density at radius 1 is 1.50 bits per heavy atom. The standard InChI is InChI=1S/C13H20N2O/c1-4-7-16-10-13-6-5-12(9-15-13)8-14-11(2)3/h4-6,9,11,14H,1,7-8,10H2,2-3H3. The van der Waals surface area contributed by atoms with Crippen LogP contribution in [0.2, 0.25) is 0 Å². The summed E-state index contributed by atoms with van der Waals surface area (Å²) >= 11 is 0. The summed E-state index contributed by atoms with van der Waals surface area (Å²) in [5, 5.41) is 3.35. The molecular formula is C13H20N2O. The Bertz CT molecular complexity index is 306. The Kier molecular flexibility index (Phi) is 5.75. The second-order valence-electron chi connectivity index (χ2n) is 4.00. The summed E-state index contributed by atoms with van der Waals surface area (Å²) in [6.45, 7) is 9.83. The Labute approximate surface area is 97.5 Å². The van der Waals surface area contributed by atoms with Gasteiger partial charge in [-0.1, -0.05) is 26.0 Å². The van der Waals surface area contributed by atoms with Crippen LogP contribution >= 0.6 is 0 Å². The molecule has 1 rings (SSSR count). The zero-order valence-corrected chi connectivity index (χ0v) is 10.1. The molecule has 1 heterocycles. The quantitative estimate of drug-likeness (QED) is 0.565. The van der Waals surface area contributed by atoms with Crippen LogP contribution < -0.4 is 5.32 Å². The molecule has 0 atom stereocenters. The summed E-state index contributed by atoms with van der Waals surface area (Å²) in [5.74, 6) is 0. The van der Waals surface area contributed by atoms with Gasteiger partial charge in [0.25, 0.3) is 0 Å². The van der Waals surface area contributed by atoms with Crippen molar-refractivity contribution in [2.24, 2.45) is 0 Å². The fraction of sp³-hybridized carbons (Fsp3) is 0.462. The normalized spacial score (nSPS) is 10.7. The molecule has 0 aliphatic rings. The van der Waals surface area contributed by atoms with Crippen LogP contribution in [0.15, 0.2) is 31.0 Å². The highest BCUT2D eigenvalue weighted by molar-refractivity contribution is 5.13. The number of ether oxygens (including phenoxy) is 1. The van der Waals surface area contributed by atoms with Crippen LogP contribution in [-0.2, 0) is 17.9 Å². The van der Waals surface area contributed by atoms with Crippen molar-refractivity contribution in [1.82, 2.24) is 10.3 Å². The maximum atomic E-state index is 5.31. The van der Waals surface area contributed by atoms with Crippen molar-refractivity contribution in [2.75, 3.05) is 6.61 Å². The molecule has 3 nitrogen and oxygen atoms in total. The summed E-state index contributed by atoms with van der Waals surface area (Å²) in [6.07, 6.45) is 3.63. The molecule has 0 saturated carbocycles. The number of rotatable bonds is 7. The fourth-order valence-electron chi connectivity index (χ4n) is 1.21. The van der Waals surface area contributed by atoms with Crippen LogP contribution in [-0.4, -0.2) is 17.6 Å². The van der Waals surface area contributed by atoms with Gasteiger partial charge in [0.1, 0.15) is 0 Å². The highest BCUT2D eigenvalue weighted by Gasteiger charge is 1.97. The minimum Gasteiger partial charge on any atom is -0.371 e. The molecule has 1 N–H and O–H groups in total. The van der Waals surface area contributed by atoms with E-state index >= 15 is 0 Å². The van der Waals surface area contributed by atoms with Gasteiger partial charge in [0.2, 0.25) is 0 Å². The lowest BCUT2D eigenvalue weighted by Crippen LogP contribution is -2.21. The van der Waals surface area contributed by atoms with E-state index in [1.807, 2.05) is 12.3 Å². The topological polar surface area (TPSA) is 34.1 Å². The Hall–Kier alpha value is -1.19. The maximum Gasteiger partial charge on any atom is 0.0892 e. The molecule has 0 saturated heterocycles. The molecule has 0 aliphatic heterocycles. The van der Waals surface area contributed by atoms with Gasteiger partial charge in [-0.25, -0.2) is 0 Å². The first-order valence-corrected chi connectivity index (χ1v) is 5.58. The zero-order valence-electron chi connectivity index (χ0n) is 10.1. The average molecular weight is 220 g/mol. The smallest absolute Gasteiger partial charge is 0.0892 e. The third-order valence-electron chi connectivity index (χ3n) is 2.09. The molecule has 1 aromatic rings. The molecule has 0 spiro atoms. The molecule has 0 unspecified atom stereocenters. The van der Waals surface area contributed by atoms with E-state index in [0.717, 1.165) is 12.2 Å². The number of nitrogens with zero attached hydrogens (tertiary/aromatic N) is 1. The summed E-state index contributed by atoms with van der Waals surface area (Å²) in [4.78, 5) is 4.33. The molecule has 0 fully saturated rings. The van der Waals surface area contributed by atoms with Crippen molar-refractivity contribution in [3.8, 4) is 0 Å². The minimum atomic E-state index is 0.496. The number of pyridine rings is 1. The lowest BCUT2D eigenvalue weighted by molar-refractivity contribution is 0.146. The molecule has 0 aliphatic carbocycles. The van der Waals surface area contributed by atoms with Gasteiger partial charge in [0.05, 0.1) is 18.9 Å². The number of hydrogen-bond donors (Lipinski definition) is 1. The van der Waals surface area contributed by atoms with E-state index < -0.39 is 0 Å². The van der Waals surface area contributed by atoms with Crippen LogP contribution in [0.1, 0.15) is 25.1 Å². The first kappa shape index (κ1) is 12.9.